The summed E-state index contributed by atoms with van der Waals surface area (Å²) < 4.78 is 72.9. The summed E-state index contributed by atoms with van der Waals surface area (Å²) in [5, 5.41) is 8.12. The minimum Gasteiger partial charge on any atom is -0.463 e. The Balaban J connectivity index is 1.60. The molecule has 38 heavy (non-hydrogen) atoms. The van der Waals surface area contributed by atoms with Crippen molar-refractivity contribution in [2.24, 2.45) is 4.99 Å². The summed E-state index contributed by atoms with van der Waals surface area (Å²) in [5.74, 6) is -3.55. The average Bonchev–Trinajstić information content (AvgIpc) is 3.47. The summed E-state index contributed by atoms with van der Waals surface area (Å²) in [6.07, 6.45) is -4.89. The van der Waals surface area contributed by atoms with Crippen LogP contribution in [0.5, 0.6) is 0 Å². The molecule has 0 fully saturated rings. The number of alkyl halides is 3. The zero-order valence-corrected chi connectivity index (χ0v) is 19.8. The van der Waals surface area contributed by atoms with Crippen LogP contribution < -0.4 is 16.0 Å². The second-order valence-corrected chi connectivity index (χ2v) is 8.81. The molecule has 1 unspecified atom stereocenters. The number of benzene rings is 3. The summed E-state index contributed by atoms with van der Waals surface area (Å²) in [6.45, 7) is 0.733. The molecular weight excluding hydrogens is 535 g/mol. The molecule has 0 saturated heterocycles. The number of hydrogen-bond donors (Lipinski definition) is 3. The topological polar surface area (TPSA) is 91.8 Å². The van der Waals surface area contributed by atoms with Gasteiger partial charge in [-0.25, -0.2) is 13.8 Å². The number of anilines is 2. The molecule has 2 heterocycles. The lowest BCUT2D eigenvalue weighted by Gasteiger charge is -2.19. The molecule has 3 aromatic rings. The van der Waals surface area contributed by atoms with Crippen molar-refractivity contribution in [2.45, 2.75) is 12.2 Å². The molecule has 0 bridgehead atoms. The molecule has 2 amide bonds. The third-order valence-electron chi connectivity index (χ3n) is 5.83. The molecule has 2 aliphatic rings. The monoisotopic (exact) mass is 550 g/mol. The maximum Gasteiger partial charge on any atom is 0.416 e. The first-order valence-electron chi connectivity index (χ1n) is 11.1. The van der Waals surface area contributed by atoms with Gasteiger partial charge in [0.2, 0.25) is 0 Å². The maximum atomic E-state index is 14.1. The van der Waals surface area contributed by atoms with Gasteiger partial charge in [-0.1, -0.05) is 11.6 Å². The summed E-state index contributed by atoms with van der Waals surface area (Å²) >= 11 is 6.27. The first kappa shape index (κ1) is 25.5. The third kappa shape index (κ3) is 4.99. The van der Waals surface area contributed by atoms with Crippen LogP contribution in [0.25, 0.3) is 0 Å². The number of nitrogens with one attached hydrogen (secondary N) is 3. The molecule has 13 heteroatoms. The van der Waals surface area contributed by atoms with Gasteiger partial charge in [-0.15, -0.1) is 0 Å². The van der Waals surface area contributed by atoms with Gasteiger partial charge in [0.1, 0.15) is 18.2 Å². The third-order valence-corrected chi connectivity index (χ3v) is 6.17. The van der Waals surface area contributed by atoms with E-state index in [9.17, 15) is 31.5 Å². The quantitative estimate of drug-likeness (QED) is 0.373. The summed E-state index contributed by atoms with van der Waals surface area (Å²) in [6, 6.07) is 6.95. The van der Waals surface area contributed by atoms with Gasteiger partial charge in [0.15, 0.2) is 0 Å². The number of halogens is 6. The van der Waals surface area contributed by atoms with E-state index in [-0.39, 0.29) is 45.2 Å². The second-order valence-electron chi connectivity index (χ2n) is 8.40. The van der Waals surface area contributed by atoms with Crippen LogP contribution in [-0.4, -0.2) is 31.0 Å². The number of nitrogens with zero attached hydrogens (tertiary/aromatic N) is 1. The number of aliphatic imine (C=N–C) groups is 1. The highest BCUT2D eigenvalue weighted by atomic mass is 35.5. The van der Waals surface area contributed by atoms with E-state index in [2.05, 4.69) is 20.9 Å². The fraction of sp³-hybridized carbons (Fsp3) is 0.160. The SMILES string of the molecule is O=C(Nc1cc(NC2=NCCO2)cc2c1C(c1cc(F)ccc1Cl)NC2=O)c1cc(F)cc(C(F)(F)F)c1. The normalized spacial score (nSPS) is 16.4. The van der Waals surface area contributed by atoms with E-state index in [0.717, 1.165) is 12.1 Å². The molecule has 0 spiro atoms. The maximum absolute atomic E-state index is 14.1. The predicted octanol–water partition coefficient (Wildman–Crippen LogP) is 5.52. The molecule has 0 aliphatic carbocycles. The Labute approximate surface area is 216 Å². The molecular formula is C25H16ClF5N4O3. The summed E-state index contributed by atoms with van der Waals surface area (Å²) in [5.41, 5.74) is -1.27. The van der Waals surface area contributed by atoms with Crippen LogP contribution in [0.15, 0.2) is 53.5 Å². The highest BCUT2D eigenvalue weighted by Crippen LogP contribution is 2.41. The van der Waals surface area contributed by atoms with Crippen molar-refractivity contribution >= 4 is 40.8 Å². The fourth-order valence-electron chi connectivity index (χ4n) is 4.19. The Hall–Kier alpha value is -4.19. The Morgan fingerprint density at radius 2 is 1.87 bits per heavy atom. The van der Waals surface area contributed by atoms with Gasteiger partial charge in [0.05, 0.1) is 18.2 Å². The standard InChI is InChI=1S/C25H16ClF5N4O3/c26-18-2-1-13(27)8-16(18)21-20-17(23(37)35-21)9-15(33-24-32-3-4-38-24)10-19(20)34-22(36)11-5-12(25(29,30)31)7-14(28)6-11/h1-2,5-10,21H,3-4H2,(H,32,33)(H,34,36)(H,35,37). The molecule has 2 aliphatic heterocycles. The molecule has 1 atom stereocenters. The van der Waals surface area contributed by atoms with E-state index in [1.807, 2.05) is 0 Å². The highest BCUT2D eigenvalue weighted by Gasteiger charge is 2.36. The van der Waals surface area contributed by atoms with Gasteiger partial charge >= 0.3 is 6.18 Å². The smallest absolute Gasteiger partial charge is 0.416 e. The van der Waals surface area contributed by atoms with E-state index >= 15 is 0 Å². The van der Waals surface area contributed by atoms with E-state index in [1.54, 1.807) is 0 Å². The Bertz CT molecular complexity index is 1510. The number of ether oxygens (including phenoxy) is 1. The molecule has 0 aromatic heterocycles. The van der Waals surface area contributed by atoms with E-state index in [0.29, 0.717) is 25.3 Å². The zero-order chi connectivity index (χ0) is 27.2. The van der Waals surface area contributed by atoms with E-state index in [1.165, 1.54) is 18.2 Å². The largest absolute Gasteiger partial charge is 0.463 e. The van der Waals surface area contributed by atoms with Crippen LogP contribution in [0.4, 0.5) is 33.3 Å². The fourth-order valence-corrected chi connectivity index (χ4v) is 4.42. The molecule has 7 nitrogen and oxygen atoms in total. The lowest BCUT2D eigenvalue weighted by Crippen LogP contribution is -2.21. The minimum absolute atomic E-state index is 0.0184. The number of carbonyl (C=O) groups is 2. The van der Waals surface area contributed by atoms with Crippen molar-refractivity contribution in [1.82, 2.24) is 5.32 Å². The van der Waals surface area contributed by atoms with Gasteiger partial charge in [0, 0.05) is 38.7 Å². The van der Waals surface area contributed by atoms with Gasteiger partial charge in [-0.3, -0.25) is 9.59 Å². The number of fused-ring (bicyclic) bond motifs is 1. The lowest BCUT2D eigenvalue weighted by atomic mass is 9.95. The van der Waals surface area contributed by atoms with Gasteiger partial charge in [0.25, 0.3) is 17.8 Å². The average molecular weight is 551 g/mol. The van der Waals surface area contributed by atoms with Crippen LogP contribution in [-0.2, 0) is 10.9 Å². The summed E-state index contributed by atoms with van der Waals surface area (Å²) in [4.78, 5) is 30.1. The van der Waals surface area contributed by atoms with Gasteiger partial charge in [-0.2, -0.15) is 13.2 Å². The first-order valence-corrected chi connectivity index (χ1v) is 11.4. The number of amides is 2. The zero-order valence-electron chi connectivity index (χ0n) is 19.1. The van der Waals surface area contributed by atoms with Crippen molar-refractivity contribution in [2.75, 3.05) is 23.8 Å². The first-order chi connectivity index (χ1) is 18.0. The number of rotatable bonds is 4. The Morgan fingerprint density at radius 1 is 1.08 bits per heavy atom. The second kappa shape index (κ2) is 9.60. The Kier molecular flexibility index (Phi) is 6.43. The predicted molar refractivity (Wildman–Crippen MR) is 128 cm³/mol. The van der Waals surface area contributed by atoms with Crippen molar-refractivity contribution in [3.63, 3.8) is 0 Å². The minimum atomic E-state index is -4.89. The number of carbonyl (C=O) groups excluding carboxylic acids is 2. The van der Waals surface area contributed by atoms with Crippen molar-refractivity contribution in [3.8, 4) is 0 Å². The molecule has 3 aromatic carbocycles. The van der Waals surface area contributed by atoms with Crippen molar-refractivity contribution in [1.29, 1.82) is 0 Å². The molecule has 196 valence electrons. The van der Waals surface area contributed by atoms with Gasteiger partial charge < -0.3 is 20.7 Å². The van der Waals surface area contributed by atoms with Crippen LogP contribution in [0.1, 0.15) is 43.4 Å². The Morgan fingerprint density at radius 3 is 2.58 bits per heavy atom. The van der Waals surface area contributed by atoms with Crippen LogP contribution in [0.3, 0.4) is 0 Å². The van der Waals surface area contributed by atoms with E-state index < -0.39 is 46.8 Å². The molecule has 0 radical (unpaired) electrons. The molecule has 0 saturated carbocycles. The molecule has 3 N–H and O–H groups in total. The van der Waals surface area contributed by atoms with E-state index in [4.69, 9.17) is 16.3 Å². The van der Waals surface area contributed by atoms with Crippen molar-refractivity contribution < 1.29 is 36.3 Å². The van der Waals surface area contributed by atoms with Gasteiger partial charge in [-0.05, 0) is 48.5 Å². The molecule has 5 rings (SSSR count). The van der Waals surface area contributed by atoms with Crippen LogP contribution in [0, 0.1) is 11.6 Å². The van der Waals surface area contributed by atoms with Crippen LogP contribution >= 0.6 is 11.6 Å². The highest BCUT2D eigenvalue weighted by molar-refractivity contribution is 6.31. The lowest BCUT2D eigenvalue weighted by molar-refractivity contribution is -0.137. The number of hydrogen-bond acceptors (Lipinski definition) is 5. The number of amidine groups is 1. The van der Waals surface area contributed by atoms with Crippen molar-refractivity contribution in [3.05, 3.63) is 93.0 Å². The van der Waals surface area contributed by atoms with Crippen LogP contribution in [0.2, 0.25) is 5.02 Å². The summed E-state index contributed by atoms with van der Waals surface area (Å²) in [7, 11) is 0.